The van der Waals surface area contributed by atoms with Gasteiger partial charge in [0.1, 0.15) is 11.3 Å². The van der Waals surface area contributed by atoms with Crippen LogP contribution < -0.4 is 0 Å². The van der Waals surface area contributed by atoms with Gasteiger partial charge in [0, 0.05) is 47.6 Å². The molecule has 0 spiro atoms. The van der Waals surface area contributed by atoms with Crippen molar-refractivity contribution in [2.75, 3.05) is 0 Å². The van der Waals surface area contributed by atoms with E-state index in [1.54, 1.807) is 22.3 Å². The molecule has 0 aliphatic heterocycles. The van der Waals surface area contributed by atoms with E-state index in [-0.39, 0.29) is 0 Å². The molecule has 500 valence electrons. The predicted molar refractivity (Wildman–Crippen MR) is 445 cm³/mol. The summed E-state index contributed by atoms with van der Waals surface area (Å²) < 4.78 is 2.97. The highest BCUT2D eigenvalue weighted by atomic mass is 32.1. The molecule has 1 unspecified atom stereocenters. The third-order valence-electron chi connectivity index (χ3n) is 21.3. The van der Waals surface area contributed by atoms with E-state index in [1.807, 2.05) is 49.8 Å². The molecule has 21 rings (SSSR count). The van der Waals surface area contributed by atoms with Crippen LogP contribution in [0.15, 0.2) is 328 Å². The Morgan fingerprint density at radius 1 is 0.324 bits per heavy atom. The number of aryl methyl sites for hydroxylation is 5. The maximum atomic E-state index is 4.85. The van der Waals surface area contributed by atoms with E-state index in [0.717, 1.165) is 45.3 Å². The van der Waals surface area contributed by atoms with E-state index in [4.69, 9.17) is 4.98 Å². The van der Waals surface area contributed by atoms with Crippen molar-refractivity contribution in [3.63, 3.8) is 0 Å². The number of rotatable bonds is 5. The lowest BCUT2D eigenvalue weighted by Gasteiger charge is -2.30. The minimum Gasteiger partial charge on any atom is -0.256 e. The fraction of sp³-hybridized carbons (Fsp3) is 0.0714. The topological polar surface area (TPSA) is 69.4 Å². The Morgan fingerprint density at radius 2 is 0.705 bits per heavy atom. The molecule has 4 heterocycles. The zero-order valence-electron chi connectivity index (χ0n) is 59.1. The minimum atomic E-state index is 0.381. The number of hydrogen-bond donors (Lipinski definition) is 0. The number of aromatic nitrogens is 6. The summed E-state index contributed by atoms with van der Waals surface area (Å²) in [6, 6.07) is 111. The second-order valence-corrected chi connectivity index (χ2v) is 28.7. The molecule has 6 nitrogen and oxygen atoms in total. The van der Waals surface area contributed by atoms with Gasteiger partial charge in [-0.15, -0.1) is 11.3 Å². The zero-order chi connectivity index (χ0) is 70.7. The van der Waals surface area contributed by atoms with Crippen LogP contribution in [0.4, 0.5) is 0 Å². The van der Waals surface area contributed by atoms with Gasteiger partial charge < -0.3 is 0 Å². The van der Waals surface area contributed by atoms with Crippen LogP contribution >= 0.6 is 11.3 Å². The predicted octanol–water partition coefficient (Wildman–Crippen LogP) is 25.9. The standard InChI is InChI=1S/C29H27N.C25H15NS.C23H15N.C21H15N3/c1-18-13-24-17-26(22-8-10-23(11-9-22)29-7-5-6-12-30-29)28-16-21(4)20(3)15-27(28)25(24)14-19(18)2;1-2-9-19-17(7-1)18-8-3-4-10-20(18)22-15-16(13-14-21(19)22)25-26-23-11-5-6-12-24(23)27-25;1-2-9-19-17(7-1)18-8-3-4-10-20(18)22-15-16(12-13-21(19)22)23-11-5-6-14-24-23;1-24-13-22-21(23-24)14-10-11-19-17-8-3-2-6-15(17)16-7-4-5-9-18(16)20(19)12-14/h5-16,26H,17H2,1-4H3;1-15H;1-15H;2-13H,1H3. The van der Waals surface area contributed by atoms with Crippen molar-refractivity contribution >= 4 is 119 Å². The molecular formula is C98H72N6S. The highest BCUT2D eigenvalue weighted by molar-refractivity contribution is 7.21. The molecular weight excluding hydrogens is 1290 g/mol. The molecule has 0 N–H and O–H groups in total. The Hall–Kier alpha value is -12.8. The number of para-hydroxylation sites is 1. The van der Waals surface area contributed by atoms with Gasteiger partial charge in [-0.2, -0.15) is 5.10 Å². The molecule has 0 saturated heterocycles. The van der Waals surface area contributed by atoms with Crippen LogP contribution in [0.5, 0.6) is 0 Å². The monoisotopic (exact) mass is 1360 g/mol. The van der Waals surface area contributed by atoms with Crippen molar-refractivity contribution in [2.24, 2.45) is 7.05 Å². The SMILES string of the molecule is Cc1cc2c(cc1C)-c1cc(C)c(C)cc1C(c1ccc(-c3ccccn3)cc1)C2.Cn1cnc(-c2ccc3c4ccccc4c4ccccc4c3c2)n1.c1ccc(-c2ccc3c4ccccc4c4ccccc4c3c2)nc1.c1ccc2sc(-c3ccc4c5ccccc5c5ccccc5c4c3)nc2c1. The van der Waals surface area contributed by atoms with Gasteiger partial charge in [-0.1, -0.05) is 255 Å². The number of benzene rings is 16. The third-order valence-corrected chi connectivity index (χ3v) is 22.4. The van der Waals surface area contributed by atoms with Crippen molar-refractivity contribution in [2.45, 2.75) is 40.0 Å². The fourth-order valence-corrected chi connectivity index (χ4v) is 16.8. The van der Waals surface area contributed by atoms with Crippen molar-refractivity contribution in [1.82, 2.24) is 29.7 Å². The molecule has 1 atom stereocenters. The van der Waals surface area contributed by atoms with Gasteiger partial charge >= 0.3 is 0 Å². The first-order chi connectivity index (χ1) is 51.6. The molecule has 1 aliphatic rings. The van der Waals surface area contributed by atoms with E-state index in [0.29, 0.717) is 5.92 Å². The molecule has 0 radical (unpaired) electrons. The third kappa shape index (κ3) is 12.0. The molecule has 0 saturated carbocycles. The lowest BCUT2D eigenvalue weighted by atomic mass is 9.74. The molecule has 4 aromatic heterocycles. The Balaban J connectivity index is 0.0000000998. The number of hydrogen-bond acceptors (Lipinski definition) is 6. The van der Waals surface area contributed by atoms with Gasteiger partial charge in [0.25, 0.3) is 0 Å². The smallest absolute Gasteiger partial charge is 0.181 e. The van der Waals surface area contributed by atoms with Crippen molar-refractivity contribution < 1.29 is 0 Å². The molecule has 0 amide bonds. The van der Waals surface area contributed by atoms with Crippen LogP contribution in [-0.4, -0.2) is 29.7 Å². The second-order valence-electron chi connectivity index (χ2n) is 27.7. The number of fused-ring (bicyclic) bond motifs is 22. The molecule has 0 fully saturated rings. The van der Waals surface area contributed by atoms with Crippen LogP contribution in [0.2, 0.25) is 0 Å². The highest BCUT2D eigenvalue weighted by Crippen LogP contribution is 2.46. The van der Waals surface area contributed by atoms with Gasteiger partial charge in [-0.3, -0.25) is 14.6 Å². The van der Waals surface area contributed by atoms with Crippen molar-refractivity contribution in [3.8, 4) is 55.6 Å². The van der Waals surface area contributed by atoms with Crippen LogP contribution in [0, 0.1) is 27.7 Å². The van der Waals surface area contributed by atoms with Gasteiger partial charge in [-0.05, 0) is 236 Å². The Bertz CT molecular complexity index is 6620. The average Bonchev–Trinajstić information content (AvgIpc) is 1.27. The molecule has 20 aromatic rings. The highest BCUT2D eigenvalue weighted by Gasteiger charge is 2.28. The van der Waals surface area contributed by atoms with Gasteiger partial charge in [0.05, 0.1) is 21.6 Å². The minimum absolute atomic E-state index is 0.381. The summed E-state index contributed by atoms with van der Waals surface area (Å²) in [5, 5.41) is 28.8. The fourth-order valence-electron chi connectivity index (χ4n) is 15.9. The van der Waals surface area contributed by atoms with E-state index >= 15 is 0 Å². The van der Waals surface area contributed by atoms with Gasteiger partial charge in [0.2, 0.25) is 0 Å². The molecule has 16 aromatic carbocycles. The molecule has 1 aliphatic carbocycles. The summed E-state index contributed by atoms with van der Waals surface area (Å²) in [6.07, 6.45) is 6.48. The Morgan fingerprint density at radius 3 is 1.17 bits per heavy atom. The van der Waals surface area contributed by atoms with Crippen LogP contribution in [0.1, 0.15) is 44.9 Å². The molecule has 7 heteroatoms. The van der Waals surface area contributed by atoms with Crippen molar-refractivity contribution in [3.05, 3.63) is 367 Å². The zero-order valence-corrected chi connectivity index (χ0v) is 59.9. The second kappa shape index (κ2) is 27.2. The molecule has 0 bridgehead atoms. The number of pyridine rings is 2. The summed E-state index contributed by atoms with van der Waals surface area (Å²) >= 11 is 1.76. The first-order valence-electron chi connectivity index (χ1n) is 36.0. The average molecular weight is 1370 g/mol. The Labute approximate surface area is 613 Å². The maximum Gasteiger partial charge on any atom is 0.181 e. The van der Waals surface area contributed by atoms with Gasteiger partial charge in [-0.25, -0.2) is 9.97 Å². The number of thiazole rings is 1. The molecule has 105 heavy (non-hydrogen) atoms. The summed E-state index contributed by atoms with van der Waals surface area (Å²) in [4.78, 5) is 18.2. The summed E-state index contributed by atoms with van der Waals surface area (Å²) in [6.45, 7) is 8.90. The van der Waals surface area contributed by atoms with E-state index in [2.05, 4.69) is 327 Å². The van der Waals surface area contributed by atoms with E-state index < -0.39 is 0 Å². The van der Waals surface area contributed by atoms with Crippen LogP contribution in [-0.2, 0) is 13.5 Å². The quantitative estimate of drug-likeness (QED) is 0.161. The Kier molecular flexibility index (Phi) is 16.6. The maximum absolute atomic E-state index is 4.85. The van der Waals surface area contributed by atoms with Gasteiger partial charge in [0.15, 0.2) is 5.82 Å². The van der Waals surface area contributed by atoms with Crippen LogP contribution in [0.25, 0.3) is 163 Å². The largest absolute Gasteiger partial charge is 0.256 e. The summed E-state index contributed by atoms with van der Waals surface area (Å²) in [5.41, 5.74) is 20.3. The van der Waals surface area contributed by atoms with E-state index in [1.165, 1.54) is 163 Å². The normalized spacial score (nSPS) is 12.5. The first-order valence-corrected chi connectivity index (χ1v) is 36.8. The first kappa shape index (κ1) is 64.3. The lowest BCUT2D eigenvalue weighted by molar-refractivity contribution is 0.768. The number of nitrogens with zero attached hydrogens (tertiary/aromatic N) is 6. The van der Waals surface area contributed by atoms with Crippen LogP contribution in [0.3, 0.4) is 0 Å². The lowest BCUT2D eigenvalue weighted by Crippen LogP contribution is -2.14. The summed E-state index contributed by atoms with van der Waals surface area (Å²) in [7, 11) is 1.89. The summed E-state index contributed by atoms with van der Waals surface area (Å²) in [5.74, 6) is 1.14. The van der Waals surface area contributed by atoms with E-state index in [9.17, 15) is 0 Å². The van der Waals surface area contributed by atoms with Crippen molar-refractivity contribution in [1.29, 1.82) is 0 Å².